The van der Waals surface area contributed by atoms with E-state index >= 15 is 0 Å². The topological polar surface area (TPSA) is 51.0 Å². The van der Waals surface area contributed by atoms with E-state index in [1.54, 1.807) is 17.3 Å². The number of anilines is 1. The van der Waals surface area contributed by atoms with Crippen molar-refractivity contribution in [2.45, 2.75) is 20.4 Å². The van der Waals surface area contributed by atoms with Gasteiger partial charge in [-0.05, 0) is 43.7 Å². The Hall–Kier alpha value is -2.69. The van der Waals surface area contributed by atoms with Gasteiger partial charge < -0.3 is 9.47 Å². The molecule has 5 nitrogen and oxygen atoms in total. The van der Waals surface area contributed by atoms with Crippen LogP contribution in [0.4, 0.5) is 5.69 Å². The third-order valence-corrected chi connectivity index (χ3v) is 4.19. The van der Waals surface area contributed by atoms with E-state index in [-0.39, 0.29) is 5.91 Å². The Balaban J connectivity index is 1.86. The van der Waals surface area contributed by atoms with E-state index in [4.69, 9.17) is 0 Å². The van der Waals surface area contributed by atoms with Gasteiger partial charge in [-0.25, -0.2) is 4.98 Å². The van der Waals surface area contributed by atoms with Gasteiger partial charge in [-0.1, -0.05) is 0 Å². The number of aromatic nitrogens is 3. The van der Waals surface area contributed by atoms with Crippen molar-refractivity contribution in [3.8, 4) is 0 Å². The van der Waals surface area contributed by atoms with Crippen LogP contribution in [0.5, 0.6) is 0 Å². The normalized spacial score (nSPS) is 14.5. The van der Waals surface area contributed by atoms with Crippen LogP contribution in [0.2, 0.25) is 0 Å². The summed E-state index contributed by atoms with van der Waals surface area (Å²) in [6, 6.07) is 7.75. The SMILES string of the molecule is Cc1cc(C)c2cc3n(c2n1)CCN(c1ccncc1)C3=O. The van der Waals surface area contributed by atoms with Gasteiger partial charge in [0.1, 0.15) is 11.3 Å². The van der Waals surface area contributed by atoms with Crippen molar-refractivity contribution in [1.82, 2.24) is 14.5 Å². The Labute approximate surface area is 128 Å². The molecule has 0 unspecified atom stereocenters. The standard InChI is InChI=1S/C17H16N4O/c1-11-9-12(2)19-16-14(11)10-15-17(22)20(7-8-21(15)16)13-3-5-18-6-4-13/h3-6,9-10H,7-8H2,1-2H3. The number of carbonyl (C=O) groups excluding carboxylic acids is 1. The van der Waals surface area contributed by atoms with E-state index in [1.807, 2.05) is 29.7 Å². The highest BCUT2D eigenvalue weighted by Gasteiger charge is 2.28. The van der Waals surface area contributed by atoms with E-state index < -0.39 is 0 Å². The zero-order valence-corrected chi connectivity index (χ0v) is 12.6. The molecule has 0 N–H and O–H groups in total. The molecular formula is C17H16N4O. The van der Waals surface area contributed by atoms with Crippen molar-refractivity contribution < 1.29 is 4.79 Å². The summed E-state index contributed by atoms with van der Waals surface area (Å²) in [7, 11) is 0. The first-order chi connectivity index (χ1) is 10.6. The summed E-state index contributed by atoms with van der Waals surface area (Å²) in [5.74, 6) is 0.0208. The van der Waals surface area contributed by atoms with Gasteiger partial charge >= 0.3 is 0 Å². The maximum atomic E-state index is 12.8. The lowest BCUT2D eigenvalue weighted by molar-refractivity contribution is 0.0966. The Morgan fingerprint density at radius 1 is 1.09 bits per heavy atom. The molecule has 3 aromatic rings. The summed E-state index contributed by atoms with van der Waals surface area (Å²) in [4.78, 5) is 23.3. The second kappa shape index (κ2) is 4.66. The van der Waals surface area contributed by atoms with Crippen LogP contribution >= 0.6 is 0 Å². The molecule has 0 fully saturated rings. The molecule has 0 atom stereocenters. The van der Waals surface area contributed by atoms with Crippen molar-refractivity contribution >= 4 is 22.6 Å². The smallest absolute Gasteiger partial charge is 0.275 e. The molecule has 0 saturated heterocycles. The molecular weight excluding hydrogens is 276 g/mol. The number of carbonyl (C=O) groups is 1. The van der Waals surface area contributed by atoms with E-state index in [1.165, 1.54) is 0 Å². The van der Waals surface area contributed by atoms with E-state index in [0.29, 0.717) is 12.2 Å². The minimum Gasteiger partial charge on any atom is -0.319 e. The lowest BCUT2D eigenvalue weighted by Crippen LogP contribution is -2.40. The number of rotatable bonds is 1. The van der Waals surface area contributed by atoms with Crippen LogP contribution in [0.15, 0.2) is 36.7 Å². The summed E-state index contributed by atoms with van der Waals surface area (Å²) < 4.78 is 2.04. The molecule has 5 heteroatoms. The lowest BCUT2D eigenvalue weighted by Gasteiger charge is -2.28. The van der Waals surface area contributed by atoms with E-state index in [2.05, 4.69) is 23.0 Å². The average molecular weight is 292 g/mol. The van der Waals surface area contributed by atoms with Crippen LogP contribution in [-0.4, -0.2) is 27.0 Å². The second-order valence-electron chi connectivity index (χ2n) is 5.66. The maximum Gasteiger partial charge on any atom is 0.275 e. The number of fused-ring (bicyclic) bond motifs is 3. The van der Waals surface area contributed by atoms with Crippen molar-refractivity contribution in [3.05, 3.63) is 53.6 Å². The first-order valence-electron chi connectivity index (χ1n) is 7.34. The van der Waals surface area contributed by atoms with Gasteiger partial charge in [0, 0.05) is 42.3 Å². The fourth-order valence-corrected chi connectivity index (χ4v) is 3.15. The predicted molar refractivity (Wildman–Crippen MR) is 85.1 cm³/mol. The monoisotopic (exact) mass is 292 g/mol. The number of amides is 1. The molecule has 0 aromatic carbocycles. The predicted octanol–water partition coefficient (Wildman–Crippen LogP) is 2.71. The molecule has 0 aliphatic carbocycles. The largest absolute Gasteiger partial charge is 0.319 e. The van der Waals surface area contributed by atoms with Crippen LogP contribution in [-0.2, 0) is 6.54 Å². The average Bonchev–Trinajstić information content (AvgIpc) is 2.89. The highest BCUT2D eigenvalue weighted by molar-refractivity contribution is 6.08. The molecule has 0 spiro atoms. The Kier molecular flexibility index (Phi) is 2.76. The van der Waals surface area contributed by atoms with Gasteiger partial charge in [0.15, 0.2) is 0 Å². The first kappa shape index (κ1) is 13.0. The number of pyridine rings is 2. The molecule has 1 aliphatic heterocycles. The zero-order chi connectivity index (χ0) is 15.3. The third kappa shape index (κ3) is 1.82. The second-order valence-corrected chi connectivity index (χ2v) is 5.66. The van der Waals surface area contributed by atoms with Gasteiger partial charge in [0.25, 0.3) is 5.91 Å². The first-order valence-corrected chi connectivity index (χ1v) is 7.34. The van der Waals surface area contributed by atoms with E-state index in [0.717, 1.165) is 34.5 Å². The minimum atomic E-state index is 0.0208. The molecule has 4 heterocycles. The highest BCUT2D eigenvalue weighted by atomic mass is 16.2. The quantitative estimate of drug-likeness (QED) is 0.693. The third-order valence-electron chi connectivity index (χ3n) is 4.19. The Morgan fingerprint density at radius 2 is 1.86 bits per heavy atom. The molecule has 0 bridgehead atoms. The Bertz CT molecular complexity index is 883. The fourth-order valence-electron chi connectivity index (χ4n) is 3.15. The van der Waals surface area contributed by atoms with Gasteiger partial charge in [-0.3, -0.25) is 9.78 Å². The van der Waals surface area contributed by atoms with Crippen LogP contribution in [0.25, 0.3) is 11.0 Å². The molecule has 3 aromatic heterocycles. The van der Waals surface area contributed by atoms with Gasteiger partial charge in [0.05, 0.1) is 0 Å². The van der Waals surface area contributed by atoms with Crippen molar-refractivity contribution in [1.29, 1.82) is 0 Å². The van der Waals surface area contributed by atoms with Crippen LogP contribution in [0, 0.1) is 13.8 Å². The van der Waals surface area contributed by atoms with Crippen molar-refractivity contribution in [2.75, 3.05) is 11.4 Å². The van der Waals surface area contributed by atoms with E-state index in [9.17, 15) is 4.79 Å². The van der Waals surface area contributed by atoms with Crippen LogP contribution < -0.4 is 4.90 Å². The number of aryl methyl sites for hydroxylation is 2. The number of nitrogens with zero attached hydrogens (tertiary/aromatic N) is 4. The molecule has 4 rings (SSSR count). The van der Waals surface area contributed by atoms with Crippen LogP contribution in [0.3, 0.4) is 0 Å². The molecule has 0 radical (unpaired) electrons. The Morgan fingerprint density at radius 3 is 2.64 bits per heavy atom. The zero-order valence-electron chi connectivity index (χ0n) is 12.6. The maximum absolute atomic E-state index is 12.8. The van der Waals surface area contributed by atoms with Crippen LogP contribution in [0.1, 0.15) is 21.7 Å². The molecule has 110 valence electrons. The number of hydrogen-bond donors (Lipinski definition) is 0. The van der Waals surface area contributed by atoms with Gasteiger partial charge in [0.2, 0.25) is 0 Å². The minimum absolute atomic E-state index is 0.0208. The summed E-state index contributed by atoms with van der Waals surface area (Å²) in [5.41, 5.74) is 4.65. The lowest BCUT2D eigenvalue weighted by atomic mass is 10.2. The summed E-state index contributed by atoms with van der Waals surface area (Å²) >= 11 is 0. The van der Waals surface area contributed by atoms with Crippen molar-refractivity contribution in [3.63, 3.8) is 0 Å². The molecule has 22 heavy (non-hydrogen) atoms. The number of hydrogen-bond acceptors (Lipinski definition) is 3. The summed E-state index contributed by atoms with van der Waals surface area (Å²) in [5, 5.41) is 1.06. The van der Waals surface area contributed by atoms with Gasteiger partial charge in [-0.2, -0.15) is 0 Å². The molecule has 0 saturated carbocycles. The fraction of sp³-hybridized carbons (Fsp3) is 0.235. The molecule has 1 amide bonds. The van der Waals surface area contributed by atoms with Crippen molar-refractivity contribution in [2.24, 2.45) is 0 Å². The van der Waals surface area contributed by atoms with Gasteiger partial charge in [-0.15, -0.1) is 0 Å². The summed E-state index contributed by atoms with van der Waals surface area (Å²) in [6.07, 6.45) is 3.42. The molecule has 1 aliphatic rings. The summed E-state index contributed by atoms with van der Waals surface area (Å²) in [6.45, 7) is 5.45. The highest BCUT2D eigenvalue weighted by Crippen LogP contribution is 2.28.